The molecule has 0 unspecified atom stereocenters. The van der Waals surface area contributed by atoms with Crippen molar-refractivity contribution >= 4 is 45.6 Å². The molecule has 4 rings (SSSR count). The summed E-state index contributed by atoms with van der Waals surface area (Å²) in [5.41, 5.74) is 3.78. The number of H-pyrrole nitrogens is 1. The number of rotatable bonds is 3. The van der Waals surface area contributed by atoms with E-state index in [1.54, 1.807) is 23.8 Å². The van der Waals surface area contributed by atoms with Gasteiger partial charge in [-0.05, 0) is 41.8 Å². The molecule has 0 fully saturated rings. The highest BCUT2D eigenvalue weighted by Crippen LogP contribution is 2.25. The molecular weight excluding hydrogens is 344 g/mol. The first-order chi connectivity index (χ1) is 11.7. The minimum Gasteiger partial charge on any atom is -0.338 e. The number of nitrogens with zero attached hydrogens (tertiary/aromatic N) is 2. The predicted octanol–water partition coefficient (Wildman–Crippen LogP) is 4.59. The van der Waals surface area contributed by atoms with Crippen molar-refractivity contribution < 1.29 is 4.79 Å². The molecule has 0 radical (unpaired) electrons. The standard InChI is InChI=1S/C17H11ClN4OS/c18-15-12(5-8-24-15)17(23)20-11-1-2-13-14(9-11)22-16(21-13)10-3-6-19-7-4-10/h1-9H,(H,20,23)(H,21,22). The van der Waals surface area contributed by atoms with Gasteiger partial charge in [0.15, 0.2) is 0 Å². The number of nitrogens with one attached hydrogen (secondary N) is 2. The largest absolute Gasteiger partial charge is 0.338 e. The topological polar surface area (TPSA) is 70.7 Å². The maximum atomic E-state index is 12.2. The van der Waals surface area contributed by atoms with Crippen LogP contribution in [0.4, 0.5) is 5.69 Å². The summed E-state index contributed by atoms with van der Waals surface area (Å²) in [6.45, 7) is 0. The van der Waals surface area contributed by atoms with Gasteiger partial charge in [-0.1, -0.05) is 11.6 Å². The molecule has 5 nitrogen and oxygen atoms in total. The summed E-state index contributed by atoms with van der Waals surface area (Å²) >= 11 is 7.33. The minimum atomic E-state index is -0.227. The van der Waals surface area contributed by atoms with Gasteiger partial charge in [-0.2, -0.15) is 0 Å². The molecule has 2 N–H and O–H groups in total. The van der Waals surface area contributed by atoms with E-state index in [-0.39, 0.29) is 5.91 Å². The van der Waals surface area contributed by atoms with Crippen LogP contribution in [0, 0.1) is 0 Å². The maximum Gasteiger partial charge on any atom is 0.258 e. The fourth-order valence-electron chi connectivity index (χ4n) is 2.39. The fourth-order valence-corrected chi connectivity index (χ4v) is 3.30. The zero-order chi connectivity index (χ0) is 16.5. The van der Waals surface area contributed by atoms with Crippen molar-refractivity contribution in [1.82, 2.24) is 15.0 Å². The van der Waals surface area contributed by atoms with Gasteiger partial charge in [-0.3, -0.25) is 9.78 Å². The van der Waals surface area contributed by atoms with E-state index in [0.29, 0.717) is 15.6 Å². The maximum absolute atomic E-state index is 12.2. The van der Waals surface area contributed by atoms with E-state index in [1.165, 1.54) is 11.3 Å². The van der Waals surface area contributed by atoms with Crippen LogP contribution in [-0.4, -0.2) is 20.9 Å². The van der Waals surface area contributed by atoms with Crippen LogP contribution in [0.25, 0.3) is 22.4 Å². The number of aromatic amines is 1. The summed E-state index contributed by atoms with van der Waals surface area (Å²) in [5, 5.41) is 4.64. The molecule has 0 aliphatic rings. The van der Waals surface area contributed by atoms with Crippen LogP contribution in [-0.2, 0) is 0 Å². The van der Waals surface area contributed by atoms with E-state index < -0.39 is 0 Å². The molecule has 118 valence electrons. The van der Waals surface area contributed by atoms with Crippen LogP contribution in [0.3, 0.4) is 0 Å². The monoisotopic (exact) mass is 354 g/mol. The molecule has 0 saturated carbocycles. The van der Waals surface area contributed by atoms with Crippen LogP contribution in [0.15, 0.2) is 54.2 Å². The second-order valence-electron chi connectivity index (χ2n) is 5.12. The predicted molar refractivity (Wildman–Crippen MR) is 96.6 cm³/mol. The zero-order valence-corrected chi connectivity index (χ0v) is 13.9. The van der Waals surface area contributed by atoms with Crippen molar-refractivity contribution in [2.75, 3.05) is 5.32 Å². The Morgan fingerprint density at radius 1 is 1.17 bits per heavy atom. The number of amides is 1. The third-order valence-electron chi connectivity index (χ3n) is 3.56. The Morgan fingerprint density at radius 3 is 2.75 bits per heavy atom. The molecule has 3 heterocycles. The van der Waals surface area contributed by atoms with Crippen LogP contribution < -0.4 is 5.32 Å². The molecule has 7 heteroatoms. The first-order valence-electron chi connectivity index (χ1n) is 7.15. The molecule has 4 aromatic rings. The lowest BCUT2D eigenvalue weighted by Gasteiger charge is -2.04. The number of halogens is 1. The molecular formula is C17H11ClN4OS. The van der Waals surface area contributed by atoms with Gasteiger partial charge in [-0.25, -0.2) is 4.98 Å². The first kappa shape index (κ1) is 14.9. The Balaban J connectivity index is 1.64. The lowest BCUT2D eigenvalue weighted by molar-refractivity contribution is 0.102. The molecule has 0 aliphatic heterocycles. The number of aromatic nitrogens is 3. The summed E-state index contributed by atoms with van der Waals surface area (Å²) in [6, 6.07) is 11.0. The number of thiophene rings is 1. The van der Waals surface area contributed by atoms with Crippen LogP contribution in [0.2, 0.25) is 4.34 Å². The van der Waals surface area contributed by atoms with Gasteiger partial charge < -0.3 is 10.3 Å². The van der Waals surface area contributed by atoms with Crippen molar-refractivity contribution in [1.29, 1.82) is 0 Å². The smallest absolute Gasteiger partial charge is 0.258 e. The zero-order valence-electron chi connectivity index (χ0n) is 12.3. The quantitative estimate of drug-likeness (QED) is 0.565. The van der Waals surface area contributed by atoms with Crippen LogP contribution in [0.1, 0.15) is 10.4 Å². The Labute approximate surface area is 146 Å². The third-order valence-corrected chi connectivity index (χ3v) is 4.73. The number of hydrogen-bond acceptors (Lipinski definition) is 4. The number of carbonyl (C=O) groups excluding carboxylic acids is 1. The average Bonchev–Trinajstić information content (AvgIpc) is 3.21. The Kier molecular flexibility index (Phi) is 3.76. The van der Waals surface area contributed by atoms with Crippen molar-refractivity contribution in [3.8, 4) is 11.4 Å². The second kappa shape index (κ2) is 6.07. The summed E-state index contributed by atoms with van der Waals surface area (Å²) in [7, 11) is 0. The van der Waals surface area contributed by atoms with Gasteiger partial charge in [0.1, 0.15) is 10.2 Å². The molecule has 0 saturated heterocycles. The lowest BCUT2D eigenvalue weighted by Crippen LogP contribution is -2.11. The Bertz CT molecular complexity index is 1030. The van der Waals surface area contributed by atoms with Gasteiger partial charge in [-0.15, -0.1) is 11.3 Å². The number of anilines is 1. The molecule has 0 aliphatic carbocycles. The van der Waals surface area contributed by atoms with Crippen LogP contribution >= 0.6 is 22.9 Å². The summed E-state index contributed by atoms with van der Waals surface area (Å²) in [4.78, 5) is 24.1. The number of carbonyl (C=O) groups is 1. The number of hydrogen-bond donors (Lipinski definition) is 2. The van der Waals surface area contributed by atoms with Gasteiger partial charge >= 0.3 is 0 Å². The first-order valence-corrected chi connectivity index (χ1v) is 8.41. The highest BCUT2D eigenvalue weighted by molar-refractivity contribution is 7.14. The van der Waals surface area contributed by atoms with E-state index in [9.17, 15) is 4.79 Å². The highest BCUT2D eigenvalue weighted by Gasteiger charge is 2.12. The van der Waals surface area contributed by atoms with E-state index in [2.05, 4.69) is 20.3 Å². The molecule has 0 bridgehead atoms. The average molecular weight is 355 g/mol. The van der Waals surface area contributed by atoms with Crippen molar-refractivity contribution in [3.05, 3.63) is 64.1 Å². The minimum absolute atomic E-state index is 0.227. The second-order valence-corrected chi connectivity index (χ2v) is 6.63. The van der Waals surface area contributed by atoms with Crippen molar-refractivity contribution in [2.24, 2.45) is 0 Å². The lowest BCUT2D eigenvalue weighted by atomic mass is 10.2. The Hall–Kier alpha value is -2.70. The normalized spacial score (nSPS) is 10.9. The number of imidazole rings is 1. The van der Waals surface area contributed by atoms with E-state index in [1.807, 2.05) is 30.3 Å². The molecule has 1 aromatic carbocycles. The van der Waals surface area contributed by atoms with Gasteiger partial charge in [0, 0.05) is 23.6 Å². The highest BCUT2D eigenvalue weighted by atomic mass is 35.5. The van der Waals surface area contributed by atoms with Gasteiger partial charge in [0.2, 0.25) is 0 Å². The molecule has 1 amide bonds. The van der Waals surface area contributed by atoms with E-state index >= 15 is 0 Å². The number of pyridine rings is 1. The van der Waals surface area contributed by atoms with Crippen molar-refractivity contribution in [3.63, 3.8) is 0 Å². The van der Waals surface area contributed by atoms with Crippen molar-refractivity contribution in [2.45, 2.75) is 0 Å². The molecule has 24 heavy (non-hydrogen) atoms. The molecule has 0 atom stereocenters. The van der Waals surface area contributed by atoms with Gasteiger partial charge in [0.25, 0.3) is 5.91 Å². The number of benzene rings is 1. The van der Waals surface area contributed by atoms with E-state index in [4.69, 9.17) is 11.6 Å². The van der Waals surface area contributed by atoms with E-state index in [0.717, 1.165) is 22.4 Å². The SMILES string of the molecule is O=C(Nc1ccc2nc(-c3ccncc3)[nH]c2c1)c1ccsc1Cl. The third kappa shape index (κ3) is 2.77. The molecule has 3 aromatic heterocycles. The Morgan fingerprint density at radius 2 is 2.00 bits per heavy atom. The number of fused-ring (bicyclic) bond motifs is 1. The van der Waals surface area contributed by atoms with Crippen LogP contribution in [0.5, 0.6) is 0 Å². The summed E-state index contributed by atoms with van der Waals surface area (Å²) in [5.74, 6) is 0.534. The molecule has 0 spiro atoms. The summed E-state index contributed by atoms with van der Waals surface area (Å²) in [6.07, 6.45) is 3.44. The van der Waals surface area contributed by atoms with Gasteiger partial charge in [0.05, 0.1) is 16.6 Å². The summed E-state index contributed by atoms with van der Waals surface area (Å²) < 4.78 is 0.482. The fraction of sp³-hybridized carbons (Fsp3) is 0.